The van der Waals surface area contributed by atoms with Gasteiger partial charge in [0.15, 0.2) is 0 Å². The zero-order chi connectivity index (χ0) is 5.98. The minimum atomic E-state index is 0.481. The Kier molecular flexibility index (Phi) is 2.32. The lowest BCUT2D eigenvalue weighted by Gasteiger charge is -2.09. The molecule has 0 aromatic carbocycles. The van der Waals surface area contributed by atoms with E-state index in [0.717, 1.165) is 6.61 Å². The molecule has 1 aliphatic heterocycles. The molecule has 0 saturated carbocycles. The molecule has 8 heavy (non-hydrogen) atoms. The molecule has 1 heterocycles. The van der Waals surface area contributed by atoms with Gasteiger partial charge in [0.1, 0.15) is 0 Å². The highest BCUT2D eigenvalue weighted by Crippen LogP contribution is 2.19. The van der Waals surface area contributed by atoms with Gasteiger partial charge in [-0.05, 0) is 12.8 Å². The quantitative estimate of drug-likeness (QED) is 0.559. The lowest BCUT2D eigenvalue weighted by atomic mass is 10.2. The third-order valence-corrected chi connectivity index (χ3v) is 2.07. The third-order valence-electron chi connectivity index (χ3n) is 1.48. The van der Waals surface area contributed by atoms with Crippen LogP contribution < -0.4 is 0 Å². The molecule has 0 spiro atoms. The normalized spacial score (nSPS) is 33.0. The first-order valence-corrected chi connectivity index (χ1v) is 3.98. The van der Waals surface area contributed by atoms with E-state index in [2.05, 4.69) is 22.9 Å². The molecule has 0 aliphatic carbocycles. The van der Waals surface area contributed by atoms with E-state index in [1.165, 1.54) is 12.8 Å². The van der Waals surface area contributed by atoms with Crippen molar-refractivity contribution in [3.05, 3.63) is 0 Å². The summed E-state index contributed by atoms with van der Waals surface area (Å²) in [5, 5.41) is 0. The molecule has 0 amide bonds. The Morgan fingerprint density at radius 3 is 2.75 bits per heavy atom. The highest BCUT2D eigenvalue weighted by Gasteiger charge is 2.19. The number of alkyl halides is 1. The fourth-order valence-corrected chi connectivity index (χ4v) is 1.38. The summed E-state index contributed by atoms with van der Waals surface area (Å²) in [5.74, 6) is 0. The van der Waals surface area contributed by atoms with Gasteiger partial charge in [0.2, 0.25) is 0 Å². The highest BCUT2D eigenvalue weighted by molar-refractivity contribution is 9.09. The molecule has 1 rings (SSSR count). The van der Waals surface area contributed by atoms with Crippen LogP contribution in [-0.4, -0.2) is 17.5 Å². The van der Waals surface area contributed by atoms with E-state index in [1.807, 2.05) is 0 Å². The lowest BCUT2D eigenvalue weighted by molar-refractivity contribution is 0.113. The summed E-state index contributed by atoms with van der Waals surface area (Å²) in [5.41, 5.74) is 0. The first-order valence-electron chi connectivity index (χ1n) is 3.06. The molecule has 0 bridgehead atoms. The summed E-state index contributed by atoms with van der Waals surface area (Å²) < 4.78 is 5.37. The van der Waals surface area contributed by atoms with Gasteiger partial charge in [-0.2, -0.15) is 0 Å². The molecule has 0 radical (unpaired) electrons. The van der Waals surface area contributed by atoms with E-state index in [4.69, 9.17) is 4.74 Å². The van der Waals surface area contributed by atoms with Gasteiger partial charge < -0.3 is 4.74 Å². The van der Waals surface area contributed by atoms with E-state index in [-0.39, 0.29) is 0 Å². The van der Waals surface area contributed by atoms with E-state index in [9.17, 15) is 0 Å². The van der Waals surface area contributed by atoms with Crippen molar-refractivity contribution in [2.45, 2.75) is 30.7 Å². The van der Waals surface area contributed by atoms with Crippen LogP contribution in [0.25, 0.3) is 0 Å². The molecule has 1 saturated heterocycles. The van der Waals surface area contributed by atoms with Crippen LogP contribution in [0, 0.1) is 0 Å². The number of hydrogen-bond donors (Lipinski definition) is 0. The number of rotatable bonds is 1. The van der Waals surface area contributed by atoms with Crippen molar-refractivity contribution in [2.75, 3.05) is 6.61 Å². The summed E-state index contributed by atoms with van der Waals surface area (Å²) in [4.78, 5) is 0.532. The predicted molar refractivity (Wildman–Crippen MR) is 37.4 cm³/mol. The maximum Gasteiger partial charge on any atom is 0.0698 e. The van der Waals surface area contributed by atoms with Gasteiger partial charge in [-0.15, -0.1) is 0 Å². The smallest absolute Gasteiger partial charge is 0.0698 e. The number of halogens is 1. The molecule has 0 unspecified atom stereocenters. The van der Waals surface area contributed by atoms with Gasteiger partial charge in [0.25, 0.3) is 0 Å². The van der Waals surface area contributed by atoms with Gasteiger partial charge in [-0.25, -0.2) is 0 Å². The first kappa shape index (κ1) is 6.56. The number of ether oxygens (including phenoxy) is 1. The van der Waals surface area contributed by atoms with Crippen LogP contribution in [0.15, 0.2) is 0 Å². The molecule has 1 fully saturated rings. The molecule has 48 valence electrons. The zero-order valence-electron chi connectivity index (χ0n) is 5.06. The predicted octanol–water partition coefficient (Wildman–Crippen LogP) is 1.95. The summed E-state index contributed by atoms with van der Waals surface area (Å²) >= 11 is 3.48. The topological polar surface area (TPSA) is 9.23 Å². The molecule has 0 aromatic rings. The Morgan fingerprint density at radius 2 is 2.50 bits per heavy atom. The molecule has 2 atom stereocenters. The average Bonchev–Trinajstić information content (AvgIpc) is 2.12. The van der Waals surface area contributed by atoms with Crippen molar-refractivity contribution in [1.82, 2.24) is 0 Å². The van der Waals surface area contributed by atoms with Crippen molar-refractivity contribution in [3.63, 3.8) is 0 Å². The van der Waals surface area contributed by atoms with Crippen molar-refractivity contribution in [2.24, 2.45) is 0 Å². The lowest BCUT2D eigenvalue weighted by Crippen LogP contribution is -2.15. The van der Waals surface area contributed by atoms with Crippen LogP contribution in [-0.2, 0) is 4.74 Å². The first-order chi connectivity index (χ1) is 3.80. The SMILES string of the molecule is C[C@H](Br)[C@@H]1CCCO1. The minimum absolute atomic E-state index is 0.481. The highest BCUT2D eigenvalue weighted by atomic mass is 79.9. The van der Waals surface area contributed by atoms with Crippen molar-refractivity contribution < 1.29 is 4.74 Å². The van der Waals surface area contributed by atoms with Crippen LogP contribution in [0.2, 0.25) is 0 Å². The van der Waals surface area contributed by atoms with Gasteiger partial charge in [-0.3, -0.25) is 0 Å². The second-order valence-electron chi connectivity index (χ2n) is 2.23. The van der Waals surface area contributed by atoms with Crippen molar-refractivity contribution in [3.8, 4) is 0 Å². The van der Waals surface area contributed by atoms with E-state index in [0.29, 0.717) is 10.9 Å². The van der Waals surface area contributed by atoms with Crippen LogP contribution in [0.5, 0.6) is 0 Å². The fourth-order valence-electron chi connectivity index (χ4n) is 0.965. The van der Waals surface area contributed by atoms with E-state index in [1.54, 1.807) is 0 Å². The molecular formula is C6H11BrO. The molecular weight excluding hydrogens is 168 g/mol. The second-order valence-corrected chi connectivity index (χ2v) is 3.67. The van der Waals surface area contributed by atoms with Gasteiger partial charge in [0, 0.05) is 11.4 Å². The maximum absolute atomic E-state index is 5.37. The standard InChI is InChI=1S/C6H11BrO/c1-5(7)6-3-2-4-8-6/h5-6H,2-4H2,1H3/t5-,6-/m0/s1. The van der Waals surface area contributed by atoms with E-state index >= 15 is 0 Å². The Hall–Kier alpha value is 0.440. The molecule has 1 aliphatic rings. The van der Waals surface area contributed by atoms with Crippen LogP contribution in [0.4, 0.5) is 0 Å². The monoisotopic (exact) mass is 178 g/mol. The minimum Gasteiger partial charge on any atom is -0.377 e. The average molecular weight is 179 g/mol. The van der Waals surface area contributed by atoms with Crippen molar-refractivity contribution >= 4 is 15.9 Å². The van der Waals surface area contributed by atoms with Crippen molar-refractivity contribution in [1.29, 1.82) is 0 Å². The van der Waals surface area contributed by atoms with Gasteiger partial charge in [0.05, 0.1) is 6.10 Å². The number of hydrogen-bond acceptors (Lipinski definition) is 1. The van der Waals surface area contributed by atoms with Crippen LogP contribution in [0.3, 0.4) is 0 Å². The molecule has 1 nitrogen and oxygen atoms in total. The van der Waals surface area contributed by atoms with E-state index < -0.39 is 0 Å². The van der Waals surface area contributed by atoms with Crippen LogP contribution >= 0.6 is 15.9 Å². The van der Waals surface area contributed by atoms with Gasteiger partial charge >= 0.3 is 0 Å². The van der Waals surface area contributed by atoms with Gasteiger partial charge in [-0.1, -0.05) is 22.9 Å². The zero-order valence-corrected chi connectivity index (χ0v) is 6.65. The summed E-state index contributed by atoms with van der Waals surface area (Å²) in [6.45, 7) is 3.09. The second kappa shape index (κ2) is 2.83. The molecule has 0 aromatic heterocycles. The molecule has 0 N–H and O–H groups in total. The Bertz CT molecular complexity index is 66.9. The molecule has 2 heteroatoms. The maximum atomic E-state index is 5.37. The summed E-state index contributed by atoms with van der Waals surface area (Å²) in [6.07, 6.45) is 2.95. The third kappa shape index (κ3) is 1.46. The fraction of sp³-hybridized carbons (Fsp3) is 1.00. The largest absolute Gasteiger partial charge is 0.377 e. The summed E-state index contributed by atoms with van der Waals surface area (Å²) in [7, 11) is 0. The summed E-state index contributed by atoms with van der Waals surface area (Å²) in [6, 6.07) is 0. The Morgan fingerprint density at radius 1 is 1.75 bits per heavy atom. The van der Waals surface area contributed by atoms with Crippen LogP contribution in [0.1, 0.15) is 19.8 Å². The Balaban J connectivity index is 2.24. The Labute approximate surface area is 58.5 Å².